The molecule has 0 aromatic heterocycles. The normalized spacial score (nSPS) is 36.1. The van der Waals surface area contributed by atoms with Gasteiger partial charge in [-0.05, 0) is 130 Å². The molecule has 4 fully saturated rings. The Balaban J connectivity index is 1.01. The zero-order chi connectivity index (χ0) is 43.3. The number of carbonyl (C=O) groups excluding carboxylic acids is 1. The summed E-state index contributed by atoms with van der Waals surface area (Å²) in [5.41, 5.74) is 3.44. The quantitative estimate of drug-likeness (QED) is 0.0452. The van der Waals surface area contributed by atoms with Gasteiger partial charge in [0.05, 0.1) is 6.10 Å². The topological polar surface area (TPSA) is 105 Å². The highest BCUT2D eigenvalue weighted by atomic mass is 16.7. The van der Waals surface area contributed by atoms with Crippen molar-refractivity contribution in [3.63, 3.8) is 0 Å². The number of unbranched alkanes of at least 4 members (excludes halogenated alkanes) is 14. The van der Waals surface area contributed by atoms with E-state index in [1.54, 1.807) is 0 Å². The molecule has 5 aliphatic rings. The molecule has 14 unspecified atom stereocenters. The molecule has 0 spiro atoms. The molecule has 0 amide bonds. The van der Waals surface area contributed by atoms with Gasteiger partial charge < -0.3 is 29.5 Å². The van der Waals surface area contributed by atoms with Crippen LogP contribution in [0.25, 0.3) is 0 Å². The summed E-state index contributed by atoms with van der Waals surface area (Å²) >= 11 is 0. The Morgan fingerprint density at radius 1 is 0.817 bits per heavy atom. The van der Waals surface area contributed by atoms with Gasteiger partial charge in [-0.1, -0.05) is 148 Å². The molecule has 3 N–H and O–H groups in total. The van der Waals surface area contributed by atoms with Crippen LogP contribution in [0.2, 0.25) is 0 Å². The second kappa shape index (κ2) is 24.2. The second-order valence-electron chi connectivity index (χ2n) is 21.4. The number of hydrogen-bond acceptors (Lipinski definition) is 7. The number of aliphatic hydroxyl groups excluding tert-OH is 3. The van der Waals surface area contributed by atoms with E-state index in [1.807, 2.05) is 0 Å². The summed E-state index contributed by atoms with van der Waals surface area (Å²) in [6, 6.07) is 0. The van der Waals surface area contributed by atoms with E-state index in [2.05, 4.69) is 54.2 Å². The lowest BCUT2D eigenvalue weighted by Crippen LogP contribution is -2.60. The van der Waals surface area contributed by atoms with Gasteiger partial charge in [0, 0.05) is 6.42 Å². The van der Waals surface area contributed by atoms with Crippen molar-refractivity contribution < 1.29 is 34.3 Å². The van der Waals surface area contributed by atoms with Crippen molar-refractivity contribution in [3.8, 4) is 0 Å². The van der Waals surface area contributed by atoms with E-state index in [0.717, 1.165) is 68.6 Å². The highest BCUT2D eigenvalue weighted by Crippen LogP contribution is 2.67. The van der Waals surface area contributed by atoms with Crippen molar-refractivity contribution >= 4 is 5.97 Å². The SMILES string of the molecule is C=C(C)C(CC)CCC(C)C1CCC2C3CC=C4CC(OC5OC(COC(=O)CCCCCCCCCCCCCCCCC)C(O)C(O)C5O)CCC4(C)C3CCC12C. The third-order valence-corrected chi connectivity index (χ3v) is 17.4. The summed E-state index contributed by atoms with van der Waals surface area (Å²) in [5.74, 6) is 4.15. The molecule has 4 aliphatic carbocycles. The lowest BCUT2D eigenvalue weighted by atomic mass is 9.47. The molecule has 1 heterocycles. The van der Waals surface area contributed by atoms with Crippen molar-refractivity contribution in [3.05, 3.63) is 23.8 Å². The average Bonchev–Trinajstić information content (AvgIpc) is 3.59. The van der Waals surface area contributed by atoms with E-state index in [1.165, 1.54) is 133 Å². The van der Waals surface area contributed by atoms with Crippen molar-refractivity contribution in [2.24, 2.45) is 46.3 Å². The fourth-order valence-electron chi connectivity index (χ4n) is 13.4. The molecule has 5 rings (SSSR count). The van der Waals surface area contributed by atoms with Crippen LogP contribution in [0.15, 0.2) is 23.8 Å². The maximum Gasteiger partial charge on any atom is 0.305 e. The summed E-state index contributed by atoms with van der Waals surface area (Å²) in [4.78, 5) is 12.6. The first-order valence-corrected chi connectivity index (χ1v) is 25.7. The monoisotopic (exact) mass is 841 g/mol. The highest BCUT2D eigenvalue weighted by Gasteiger charge is 2.59. The van der Waals surface area contributed by atoms with E-state index < -0.39 is 30.7 Å². The molecule has 0 bridgehead atoms. The molecular weight excluding hydrogens is 749 g/mol. The zero-order valence-corrected chi connectivity index (χ0v) is 39.5. The van der Waals surface area contributed by atoms with E-state index in [0.29, 0.717) is 23.7 Å². The molecule has 1 aliphatic heterocycles. The van der Waals surface area contributed by atoms with Gasteiger partial charge in [-0.2, -0.15) is 0 Å². The Labute approximate surface area is 367 Å². The summed E-state index contributed by atoms with van der Waals surface area (Å²) in [7, 11) is 0. The van der Waals surface area contributed by atoms with E-state index >= 15 is 0 Å². The van der Waals surface area contributed by atoms with Crippen LogP contribution in [0.5, 0.6) is 0 Å². The Morgan fingerprint density at radius 3 is 2.07 bits per heavy atom. The van der Waals surface area contributed by atoms with Crippen LogP contribution in [0.1, 0.15) is 215 Å². The van der Waals surface area contributed by atoms with Crippen LogP contribution in [-0.4, -0.2) is 64.7 Å². The van der Waals surface area contributed by atoms with Crippen LogP contribution in [0.4, 0.5) is 0 Å². The summed E-state index contributed by atoms with van der Waals surface area (Å²) in [6.07, 6.45) is 28.6. The summed E-state index contributed by atoms with van der Waals surface area (Å²) in [5, 5.41) is 32.5. The molecule has 0 radical (unpaired) electrons. The first kappa shape index (κ1) is 49.8. The Kier molecular flexibility index (Phi) is 20.0. The number of allylic oxidation sites excluding steroid dienone is 2. The standard InChI is InChI=1S/C53H92O7/c1-8-10-11-12-13-14-15-16-17-18-19-20-21-22-23-24-47(54)58-36-46-48(55)49(56)50(57)51(60-46)59-41-31-33-52(6)40(35-41)27-28-42-44-30-29-43(53(44,7)34-32-45(42)52)38(5)25-26-39(9-2)37(3)4/h27,38-39,41-46,48-51,55-57H,3,8-26,28-36H2,1-2,4-7H3. The minimum absolute atomic E-state index is 0.145. The van der Waals surface area contributed by atoms with E-state index in [9.17, 15) is 20.1 Å². The predicted octanol–water partition coefficient (Wildman–Crippen LogP) is 12.6. The molecule has 7 heteroatoms. The van der Waals surface area contributed by atoms with Crippen molar-refractivity contribution in [1.82, 2.24) is 0 Å². The van der Waals surface area contributed by atoms with E-state index in [-0.39, 0.29) is 24.1 Å². The first-order valence-electron chi connectivity index (χ1n) is 25.7. The van der Waals surface area contributed by atoms with Gasteiger partial charge in [-0.15, -0.1) is 0 Å². The van der Waals surface area contributed by atoms with Gasteiger partial charge in [0.25, 0.3) is 0 Å². The molecule has 0 aromatic carbocycles. The number of hydrogen-bond donors (Lipinski definition) is 3. The fraction of sp³-hybridized carbons (Fsp3) is 0.906. The fourth-order valence-corrected chi connectivity index (χ4v) is 13.4. The Bertz CT molecular complexity index is 1330. The zero-order valence-electron chi connectivity index (χ0n) is 39.5. The van der Waals surface area contributed by atoms with Gasteiger partial charge in [-0.3, -0.25) is 4.79 Å². The molecule has 346 valence electrons. The van der Waals surface area contributed by atoms with Gasteiger partial charge in [0.2, 0.25) is 0 Å². The van der Waals surface area contributed by atoms with Crippen LogP contribution < -0.4 is 0 Å². The van der Waals surface area contributed by atoms with Gasteiger partial charge in [-0.25, -0.2) is 0 Å². The summed E-state index contributed by atoms with van der Waals surface area (Å²) < 4.78 is 18.0. The summed E-state index contributed by atoms with van der Waals surface area (Å²) in [6.45, 7) is 18.6. The van der Waals surface area contributed by atoms with Crippen molar-refractivity contribution in [1.29, 1.82) is 0 Å². The first-order chi connectivity index (χ1) is 28.8. The molecule has 14 atom stereocenters. The number of rotatable bonds is 26. The average molecular weight is 841 g/mol. The van der Waals surface area contributed by atoms with Crippen LogP contribution in [0.3, 0.4) is 0 Å². The lowest BCUT2D eigenvalue weighted by molar-refractivity contribution is -0.313. The van der Waals surface area contributed by atoms with Crippen molar-refractivity contribution in [2.75, 3.05) is 6.61 Å². The highest BCUT2D eigenvalue weighted by molar-refractivity contribution is 5.69. The van der Waals surface area contributed by atoms with E-state index in [4.69, 9.17) is 14.2 Å². The largest absolute Gasteiger partial charge is 0.463 e. The number of carbonyl (C=O) groups is 1. The smallest absolute Gasteiger partial charge is 0.305 e. The Hall–Kier alpha value is -1.25. The predicted molar refractivity (Wildman–Crippen MR) is 244 cm³/mol. The molecular formula is C53H92O7. The molecule has 7 nitrogen and oxygen atoms in total. The van der Waals surface area contributed by atoms with Gasteiger partial charge in [0.15, 0.2) is 6.29 Å². The maximum atomic E-state index is 12.6. The third-order valence-electron chi connectivity index (χ3n) is 17.4. The van der Waals surface area contributed by atoms with Crippen LogP contribution >= 0.6 is 0 Å². The minimum Gasteiger partial charge on any atom is -0.463 e. The number of aliphatic hydroxyl groups is 3. The van der Waals surface area contributed by atoms with Gasteiger partial charge >= 0.3 is 5.97 Å². The second-order valence-corrected chi connectivity index (χ2v) is 21.4. The number of esters is 1. The van der Waals surface area contributed by atoms with Crippen molar-refractivity contribution in [2.45, 2.75) is 252 Å². The molecule has 1 saturated heterocycles. The van der Waals surface area contributed by atoms with Crippen LogP contribution in [-0.2, 0) is 19.0 Å². The number of ether oxygens (including phenoxy) is 3. The maximum absolute atomic E-state index is 12.6. The molecule has 3 saturated carbocycles. The van der Waals surface area contributed by atoms with Crippen LogP contribution in [0, 0.1) is 46.3 Å². The lowest BCUT2D eigenvalue weighted by Gasteiger charge is -2.58. The molecule has 60 heavy (non-hydrogen) atoms. The third kappa shape index (κ3) is 12.7. The Morgan fingerprint density at radius 2 is 1.45 bits per heavy atom. The molecule has 0 aromatic rings. The number of fused-ring (bicyclic) bond motifs is 5. The minimum atomic E-state index is -1.44. The van der Waals surface area contributed by atoms with Gasteiger partial charge in [0.1, 0.15) is 31.0 Å².